The molecule has 0 saturated heterocycles. The van der Waals surface area contributed by atoms with Crippen molar-refractivity contribution in [2.45, 2.75) is 6.92 Å². The topological polar surface area (TPSA) is 47.6 Å². The highest BCUT2D eigenvalue weighted by atomic mass is 35.5. The van der Waals surface area contributed by atoms with Crippen LogP contribution in [0.3, 0.4) is 0 Å². The third-order valence-electron chi connectivity index (χ3n) is 3.37. The number of hydrogen-bond donors (Lipinski definition) is 1. The van der Waals surface area contributed by atoms with E-state index in [0.29, 0.717) is 22.8 Å². The molecule has 0 aliphatic carbocycles. The molecule has 6 heteroatoms. The Kier molecular flexibility index (Phi) is 5.82. The minimum Gasteiger partial charge on any atom is -0.497 e. The molecule has 0 fully saturated rings. The van der Waals surface area contributed by atoms with Crippen LogP contribution < -0.4 is 14.8 Å². The van der Waals surface area contributed by atoms with Crippen LogP contribution >= 0.6 is 11.6 Å². The molecule has 2 aromatic carbocycles. The molecule has 0 heterocycles. The van der Waals surface area contributed by atoms with Crippen molar-refractivity contribution < 1.29 is 18.7 Å². The molecular weight excluding hydrogens is 333 g/mol. The lowest BCUT2D eigenvalue weighted by Gasteiger charge is -2.11. The van der Waals surface area contributed by atoms with Crippen LogP contribution in [0.5, 0.6) is 11.5 Å². The van der Waals surface area contributed by atoms with Gasteiger partial charge in [0.1, 0.15) is 17.3 Å². The Bertz CT molecular complexity index is 790. The molecule has 0 spiro atoms. The molecule has 0 bridgehead atoms. The van der Waals surface area contributed by atoms with Crippen molar-refractivity contribution in [1.82, 2.24) is 0 Å². The van der Waals surface area contributed by atoms with E-state index in [1.54, 1.807) is 33.3 Å². The lowest BCUT2D eigenvalue weighted by Crippen LogP contribution is -2.08. The Hall–Kier alpha value is -2.53. The second kappa shape index (κ2) is 7.84. The zero-order valence-electron chi connectivity index (χ0n) is 13.5. The normalized spacial score (nSPS) is 11.1. The van der Waals surface area contributed by atoms with Gasteiger partial charge in [-0.1, -0.05) is 11.6 Å². The monoisotopic (exact) mass is 349 g/mol. The first-order chi connectivity index (χ1) is 11.4. The highest BCUT2D eigenvalue weighted by Crippen LogP contribution is 2.30. The lowest BCUT2D eigenvalue weighted by atomic mass is 10.1. The molecule has 0 aliphatic heterocycles. The minimum absolute atomic E-state index is 0.0506. The van der Waals surface area contributed by atoms with Gasteiger partial charge in [-0.2, -0.15) is 0 Å². The molecule has 0 atom stereocenters. The van der Waals surface area contributed by atoms with Crippen LogP contribution in [-0.2, 0) is 4.79 Å². The maximum absolute atomic E-state index is 13.1. The van der Waals surface area contributed by atoms with Crippen molar-refractivity contribution in [3.8, 4) is 11.5 Å². The summed E-state index contributed by atoms with van der Waals surface area (Å²) in [5.74, 6) is 0.368. The van der Waals surface area contributed by atoms with E-state index in [0.717, 1.165) is 5.56 Å². The summed E-state index contributed by atoms with van der Waals surface area (Å²) in [5.41, 5.74) is 1.89. The van der Waals surface area contributed by atoms with Gasteiger partial charge in [0, 0.05) is 23.4 Å². The van der Waals surface area contributed by atoms with Gasteiger partial charge in [-0.25, -0.2) is 4.39 Å². The second-order valence-electron chi connectivity index (χ2n) is 5.01. The average molecular weight is 350 g/mol. The van der Waals surface area contributed by atoms with Crippen molar-refractivity contribution in [3.63, 3.8) is 0 Å². The average Bonchev–Trinajstić information content (AvgIpc) is 2.57. The number of carbonyl (C=O) groups is 1. The van der Waals surface area contributed by atoms with Crippen LogP contribution in [0.15, 0.2) is 42.5 Å². The largest absolute Gasteiger partial charge is 0.497 e. The van der Waals surface area contributed by atoms with Crippen LogP contribution in [0, 0.1) is 5.82 Å². The lowest BCUT2D eigenvalue weighted by molar-refractivity contribution is -0.111. The summed E-state index contributed by atoms with van der Waals surface area (Å²) in [6.45, 7) is 1.79. The van der Waals surface area contributed by atoms with E-state index in [-0.39, 0.29) is 10.9 Å². The minimum atomic E-state index is -0.538. The molecule has 2 rings (SSSR count). The first kappa shape index (κ1) is 17.8. The van der Waals surface area contributed by atoms with Crippen LogP contribution in [0.1, 0.15) is 12.5 Å². The summed E-state index contributed by atoms with van der Waals surface area (Å²) in [5, 5.41) is 2.59. The van der Waals surface area contributed by atoms with Crippen LogP contribution in [-0.4, -0.2) is 20.1 Å². The maximum Gasteiger partial charge on any atom is 0.248 e. The Labute approximate surface area is 144 Å². The van der Waals surface area contributed by atoms with Gasteiger partial charge < -0.3 is 14.8 Å². The van der Waals surface area contributed by atoms with Crippen LogP contribution in [0.25, 0.3) is 5.57 Å². The van der Waals surface area contributed by atoms with Crippen LogP contribution in [0.2, 0.25) is 5.02 Å². The summed E-state index contributed by atoms with van der Waals surface area (Å²) >= 11 is 5.70. The number of methoxy groups -OCH3 is 2. The van der Waals surface area contributed by atoms with Gasteiger partial charge in [0.2, 0.25) is 5.91 Å². The highest BCUT2D eigenvalue weighted by Gasteiger charge is 2.09. The van der Waals surface area contributed by atoms with Gasteiger partial charge in [0.15, 0.2) is 0 Å². The predicted molar refractivity (Wildman–Crippen MR) is 93.2 cm³/mol. The molecule has 0 aromatic heterocycles. The summed E-state index contributed by atoms with van der Waals surface area (Å²) in [7, 11) is 3.12. The molecule has 0 radical (unpaired) electrons. The molecule has 0 unspecified atom stereocenters. The maximum atomic E-state index is 13.1. The molecule has 2 aromatic rings. The van der Waals surface area contributed by atoms with Gasteiger partial charge in [-0.15, -0.1) is 0 Å². The Morgan fingerprint density at radius 2 is 1.92 bits per heavy atom. The number of benzene rings is 2. The Morgan fingerprint density at radius 1 is 1.17 bits per heavy atom. The van der Waals surface area contributed by atoms with Gasteiger partial charge in [0.25, 0.3) is 0 Å². The molecule has 1 amide bonds. The fraction of sp³-hybridized carbons (Fsp3) is 0.167. The standard InChI is InChI=1S/C18H17ClFNO3/c1-11(14-6-5-13(23-2)10-17(14)24-3)8-18(22)21-12-4-7-16(20)15(19)9-12/h4-10H,1-3H3,(H,21,22)/b11-8+. The Balaban J connectivity index is 2.20. The number of amides is 1. The number of rotatable bonds is 5. The molecule has 1 N–H and O–H groups in total. The third kappa shape index (κ3) is 4.26. The smallest absolute Gasteiger partial charge is 0.248 e. The van der Waals surface area contributed by atoms with Gasteiger partial charge >= 0.3 is 0 Å². The van der Waals surface area contributed by atoms with Crippen molar-refractivity contribution in [2.75, 3.05) is 19.5 Å². The summed E-state index contributed by atoms with van der Waals surface area (Å²) in [4.78, 5) is 12.1. The SMILES string of the molecule is COc1ccc(/C(C)=C/C(=O)Nc2ccc(F)c(Cl)c2)c(OC)c1. The number of anilines is 1. The molecule has 4 nitrogen and oxygen atoms in total. The number of carbonyl (C=O) groups excluding carboxylic acids is 1. The zero-order chi connectivity index (χ0) is 17.7. The summed E-state index contributed by atoms with van der Waals surface area (Å²) in [6, 6.07) is 9.33. The van der Waals surface area contributed by atoms with Gasteiger partial charge in [0.05, 0.1) is 19.2 Å². The van der Waals surface area contributed by atoms with Crippen molar-refractivity contribution >= 4 is 28.8 Å². The highest BCUT2D eigenvalue weighted by molar-refractivity contribution is 6.31. The number of allylic oxidation sites excluding steroid dienone is 1. The Morgan fingerprint density at radius 3 is 2.54 bits per heavy atom. The van der Waals surface area contributed by atoms with E-state index in [1.165, 1.54) is 24.3 Å². The molecule has 0 aliphatic rings. The number of ether oxygens (including phenoxy) is 2. The summed E-state index contributed by atoms with van der Waals surface area (Å²) in [6.07, 6.45) is 1.43. The number of hydrogen-bond acceptors (Lipinski definition) is 3. The third-order valence-corrected chi connectivity index (χ3v) is 3.66. The number of halogens is 2. The van der Waals surface area contributed by atoms with Crippen LogP contribution in [0.4, 0.5) is 10.1 Å². The van der Waals surface area contributed by atoms with Crippen molar-refractivity contribution in [3.05, 3.63) is 58.9 Å². The molecular formula is C18H17ClFNO3. The van der Waals surface area contributed by atoms with E-state index in [2.05, 4.69) is 5.32 Å². The fourth-order valence-electron chi connectivity index (χ4n) is 2.15. The van der Waals surface area contributed by atoms with E-state index in [4.69, 9.17) is 21.1 Å². The molecule has 24 heavy (non-hydrogen) atoms. The van der Waals surface area contributed by atoms with Gasteiger partial charge in [-0.05, 0) is 42.8 Å². The first-order valence-electron chi connectivity index (χ1n) is 7.11. The fourth-order valence-corrected chi connectivity index (χ4v) is 2.33. The zero-order valence-corrected chi connectivity index (χ0v) is 14.3. The predicted octanol–water partition coefficient (Wildman–Crippen LogP) is 4.54. The van der Waals surface area contributed by atoms with Crippen molar-refractivity contribution in [1.29, 1.82) is 0 Å². The van der Waals surface area contributed by atoms with E-state index in [1.807, 2.05) is 6.07 Å². The van der Waals surface area contributed by atoms with Crippen molar-refractivity contribution in [2.24, 2.45) is 0 Å². The second-order valence-corrected chi connectivity index (χ2v) is 5.42. The van der Waals surface area contributed by atoms with E-state index >= 15 is 0 Å². The number of nitrogens with one attached hydrogen (secondary N) is 1. The molecule has 0 saturated carbocycles. The van der Waals surface area contributed by atoms with E-state index < -0.39 is 5.82 Å². The molecule has 126 valence electrons. The quantitative estimate of drug-likeness (QED) is 0.806. The van der Waals surface area contributed by atoms with E-state index in [9.17, 15) is 9.18 Å². The van der Waals surface area contributed by atoms with Gasteiger partial charge in [-0.3, -0.25) is 4.79 Å². The first-order valence-corrected chi connectivity index (χ1v) is 7.49. The summed E-state index contributed by atoms with van der Waals surface area (Å²) < 4.78 is 23.6.